The molecule has 0 saturated heterocycles. The Balaban J connectivity index is 2.24. The average Bonchev–Trinajstić information content (AvgIpc) is 2.74. The van der Waals surface area contributed by atoms with Crippen LogP contribution in [-0.2, 0) is 22.6 Å². The van der Waals surface area contributed by atoms with E-state index in [-0.39, 0.29) is 30.3 Å². The number of hydrogen-bond donors (Lipinski definition) is 1. The second-order valence-corrected chi connectivity index (χ2v) is 6.16. The number of H-pyrrole nitrogens is 1. The number of rotatable bonds is 3. The summed E-state index contributed by atoms with van der Waals surface area (Å²) < 4.78 is 11.6. The highest BCUT2D eigenvalue weighted by atomic mass is 16.6. The van der Waals surface area contributed by atoms with Crippen molar-refractivity contribution in [2.45, 2.75) is 39.5 Å². The summed E-state index contributed by atoms with van der Waals surface area (Å²) in [4.78, 5) is 40.0. The average molecular weight is 311 g/mol. The second kappa shape index (κ2) is 5.96. The van der Waals surface area contributed by atoms with Crippen LogP contribution in [0.4, 0.5) is 4.79 Å². The van der Waals surface area contributed by atoms with Crippen molar-refractivity contribution in [1.29, 1.82) is 0 Å². The number of carbonyl (C=O) groups is 2. The van der Waals surface area contributed by atoms with Gasteiger partial charge < -0.3 is 19.4 Å². The van der Waals surface area contributed by atoms with E-state index in [1.54, 1.807) is 20.8 Å². The fourth-order valence-corrected chi connectivity index (χ4v) is 2.30. The minimum atomic E-state index is -0.596. The van der Waals surface area contributed by atoms with Crippen molar-refractivity contribution in [3.63, 3.8) is 0 Å². The van der Waals surface area contributed by atoms with E-state index in [2.05, 4.69) is 4.98 Å². The van der Waals surface area contributed by atoms with Gasteiger partial charge in [0.2, 0.25) is 5.78 Å². The predicted molar refractivity (Wildman–Crippen MR) is 77.9 cm³/mol. The quantitative estimate of drug-likeness (QED) is 0.832. The van der Waals surface area contributed by atoms with Crippen molar-refractivity contribution in [1.82, 2.24) is 14.5 Å². The number of hydrogen-bond acceptors (Lipinski definition) is 5. The van der Waals surface area contributed by atoms with E-state index in [1.165, 1.54) is 16.6 Å². The number of carbonyl (C=O) groups excluding carboxylic acids is 2. The zero-order chi connectivity index (χ0) is 16.5. The Morgan fingerprint density at radius 3 is 2.55 bits per heavy atom. The molecule has 1 amide bonds. The monoisotopic (exact) mass is 311 g/mol. The number of ether oxygens (including phenoxy) is 2. The molecule has 1 aliphatic rings. The summed E-state index contributed by atoms with van der Waals surface area (Å²) in [7, 11) is 1.41. The van der Waals surface area contributed by atoms with Crippen LogP contribution in [0.2, 0.25) is 0 Å². The summed E-state index contributed by atoms with van der Waals surface area (Å²) in [6.45, 7) is 6.07. The van der Waals surface area contributed by atoms with E-state index in [1.807, 2.05) is 0 Å². The highest BCUT2D eigenvalue weighted by molar-refractivity contribution is 5.96. The molecule has 122 valence electrons. The van der Waals surface area contributed by atoms with Gasteiger partial charge in [0, 0.05) is 20.2 Å². The molecule has 0 saturated carbocycles. The van der Waals surface area contributed by atoms with Crippen LogP contribution in [0.3, 0.4) is 0 Å². The maximum absolute atomic E-state index is 12.1. The Labute approximate surface area is 128 Å². The fourth-order valence-electron chi connectivity index (χ4n) is 2.30. The molecule has 0 radical (unpaired) electrons. The van der Waals surface area contributed by atoms with Gasteiger partial charge in [-0.15, -0.1) is 0 Å². The van der Waals surface area contributed by atoms with E-state index in [9.17, 15) is 14.4 Å². The minimum absolute atomic E-state index is 0.126. The van der Waals surface area contributed by atoms with Crippen molar-refractivity contribution < 1.29 is 19.1 Å². The maximum Gasteiger partial charge on any atom is 0.410 e. The Hall–Kier alpha value is -2.09. The summed E-state index contributed by atoms with van der Waals surface area (Å²) in [6, 6.07) is 0. The van der Waals surface area contributed by atoms with Gasteiger partial charge in [0.05, 0.1) is 12.2 Å². The van der Waals surface area contributed by atoms with Gasteiger partial charge in [-0.2, -0.15) is 0 Å². The first-order valence-electron chi connectivity index (χ1n) is 7.04. The number of aromatic nitrogens is 2. The molecule has 0 atom stereocenters. The molecule has 8 nitrogen and oxygen atoms in total. The van der Waals surface area contributed by atoms with E-state index >= 15 is 0 Å². The summed E-state index contributed by atoms with van der Waals surface area (Å²) in [5.41, 5.74) is -0.260. The molecular weight excluding hydrogens is 290 g/mol. The molecule has 0 aliphatic carbocycles. The molecule has 2 heterocycles. The first-order chi connectivity index (χ1) is 10.2. The number of nitrogens with zero attached hydrogens (tertiary/aromatic N) is 2. The molecule has 0 unspecified atom stereocenters. The van der Waals surface area contributed by atoms with Crippen LogP contribution in [0.25, 0.3) is 0 Å². The zero-order valence-corrected chi connectivity index (χ0v) is 13.3. The topological polar surface area (TPSA) is 93.6 Å². The number of fused-ring (bicyclic) bond motifs is 1. The number of ketones is 1. The zero-order valence-electron chi connectivity index (χ0n) is 13.3. The number of amides is 1. The highest BCUT2D eigenvalue weighted by Crippen LogP contribution is 2.18. The lowest BCUT2D eigenvalue weighted by Gasteiger charge is -2.30. The number of Topliss-reactive ketones (excluding diaryl/α,β-unsaturated/α-hetero) is 1. The van der Waals surface area contributed by atoms with Crippen LogP contribution in [0.5, 0.6) is 0 Å². The summed E-state index contributed by atoms with van der Waals surface area (Å²) >= 11 is 0. The molecule has 1 aromatic heterocycles. The number of imidazole rings is 1. The molecule has 1 aromatic rings. The molecule has 2 rings (SSSR count). The first-order valence-corrected chi connectivity index (χ1v) is 7.04. The summed E-state index contributed by atoms with van der Waals surface area (Å²) in [5, 5.41) is 0. The normalized spacial score (nSPS) is 14.6. The molecule has 0 aromatic carbocycles. The second-order valence-electron chi connectivity index (χ2n) is 6.16. The van der Waals surface area contributed by atoms with Gasteiger partial charge in [0.25, 0.3) is 0 Å². The molecular formula is C14H21N3O5. The number of methoxy groups -OCH3 is 1. The third-order valence-electron chi connectivity index (χ3n) is 3.23. The van der Waals surface area contributed by atoms with Gasteiger partial charge in [-0.3, -0.25) is 9.36 Å². The SMILES string of the molecule is COCC(=O)c1[nH]c(=O)n2c1CN(C(=O)OC(C)(C)C)CC2. The Morgan fingerprint density at radius 1 is 1.27 bits per heavy atom. The summed E-state index contributed by atoms with van der Waals surface area (Å²) in [6.07, 6.45) is -0.461. The van der Waals surface area contributed by atoms with Gasteiger partial charge in [0.15, 0.2) is 0 Å². The van der Waals surface area contributed by atoms with Crippen molar-refractivity contribution in [3.05, 3.63) is 21.9 Å². The van der Waals surface area contributed by atoms with Crippen molar-refractivity contribution in [2.24, 2.45) is 0 Å². The third-order valence-corrected chi connectivity index (χ3v) is 3.23. The van der Waals surface area contributed by atoms with E-state index in [0.29, 0.717) is 18.8 Å². The summed E-state index contributed by atoms with van der Waals surface area (Å²) in [5.74, 6) is -0.320. The van der Waals surface area contributed by atoms with Crippen LogP contribution in [-0.4, -0.2) is 52.2 Å². The first kappa shape index (κ1) is 16.3. The molecule has 0 bridgehead atoms. The number of nitrogens with one attached hydrogen (secondary N) is 1. The third kappa shape index (κ3) is 3.38. The molecule has 1 aliphatic heterocycles. The standard InChI is InChI=1S/C14H21N3O5/c1-14(2,3)22-13(20)16-5-6-17-9(7-16)11(15-12(17)19)10(18)8-21-4/h5-8H2,1-4H3,(H,15,19). The Bertz CT molecular complexity index is 638. The highest BCUT2D eigenvalue weighted by Gasteiger charge is 2.30. The molecule has 1 N–H and O–H groups in total. The minimum Gasteiger partial charge on any atom is -0.444 e. The fraction of sp³-hybridized carbons (Fsp3) is 0.643. The van der Waals surface area contributed by atoms with Crippen LogP contribution < -0.4 is 5.69 Å². The van der Waals surface area contributed by atoms with Gasteiger partial charge in [-0.25, -0.2) is 9.59 Å². The van der Waals surface area contributed by atoms with E-state index < -0.39 is 11.7 Å². The Kier molecular flexibility index (Phi) is 4.41. The molecule has 0 fully saturated rings. The van der Waals surface area contributed by atoms with Gasteiger partial charge in [0.1, 0.15) is 17.9 Å². The van der Waals surface area contributed by atoms with Crippen LogP contribution in [0, 0.1) is 0 Å². The van der Waals surface area contributed by atoms with Gasteiger partial charge in [-0.1, -0.05) is 0 Å². The van der Waals surface area contributed by atoms with Gasteiger partial charge >= 0.3 is 11.8 Å². The number of aromatic amines is 1. The van der Waals surface area contributed by atoms with Crippen LogP contribution >= 0.6 is 0 Å². The van der Waals surface area contributed by atoms with Gasteiger partial charge in [-0.05, 0) is 20.8 Å². The van der Waals surface area contributed by atoms with Crippen molar-refractivity contribution >= 4 is 11.9 Å². The molecule has 0 spiro atoms. The van der Waals surface area contributed by atoms with Crippen LogP contribution in [0.15, 0.2) is 4.79 Å². The molecule has 22 heavy (non-hydrogen) atoms. The maximum atomic E-state index is 12.1. The lowest BCUT2D eigenvalue weighted by Crippen LogP contribution is -2.43. The lowest BCUT2D eigenvalue weighted by molar-refractivity contribution is 0.0196. The molecule has 8 heteroatoms. The lowest BCUT2D eigenvalue weighted by atomic mass is 10.2. The smallest absolute Gasteiger partial charge is 0.410 e. The van der Waals surface area contributed by atoms with E-state index in [4.69, 9.17) is 9.47 Å². The van der Waals surface area contributed by atoms with Crippen molar-refractivity contribution in [2.75, 3.05) is 20.3 Å². The Morgan fingerprint density at radius 2 is 1.95 bits per heavy atom. The largest absolute Gasteiger partial charge is 0.444 e. The van der Waals surface area contributed by atoms with Crippen LogP contribution in [0.1, 0.15) is 37.0 Å². The predicted octanol–water partition coefficient (Wildman–Crippen LogP) is 0.756. The van der Waals surface area contributed by atoms with E-state index in [0.717, 1.165) is 0 Å². The van der Waals surface area contributed by atoms with Crippen molar-refractivity contribution in [3.8, 4) is 0 Å².